The highest BCUT2D eigenvalue weighted by molar-refractivity contribution is 7.89. The number of hydrogen-bond acceptors (Lipinski definition) is 4. The van der Waals surface area contributed by atoms with E-state index in [0.717, 1.165) is 17.2 Å². The van der Waals surface area contributed by atoms with Gasteiger partial charge in [-0.15, -0.1) is 0 Å². The fourth-order valence-corrected chi connectivity index (χ4v) is 4.42. The van der Waals surface area contributed by atoms with Gasteiger partial charge in [-0.05, 0) is 29.8 Å². The molecule has 146 valence electrons. The second kappa shape index (κ2) is 6.81. The van der Waals surface area contributed by atoms with Crippen LogP contribution in [0.15, 0.2) is 65.6 Å². The number of ketones is 1. The second-order valence-corrected chi connectivity index (χ2v) is 8.53. The number of amides is 1. The van der Waals surface area contributed by atoms with Gasteiger partial charge in [0.05, 0.1) is 16.4 Å². The number of nitrogens with zero attached hydrogens (tertiary/aromatic N) is 1. The number of sulfonamides is 1. The Bertz CT molecular complexity index is 1290. The van der Waals surface area contributed by atoms with E-state index < -0.39 is 15.8 Å². The molecule has 0 spiro atoms. The fraction of sp³-hybridized carbons (Fsp3) is 0.0476. The lowest BCUT2D eigenvalue weighted by atomic mass is 9.99. The van der Waals surface area contributed by atoms with Gasteiger partial charge in [-0.3, -0.25) is 14.5 Å². The summed E-state index contributed by atoms with van der Waals surface area (Å²) in [4.78, 5) is 26.3. The average molecular weight is 427 g/mol. The first-order chi connectivity index (χ1) is 13.7. The summed E-state index contributed by atoms with van der Waals surface area (Å²) in [5.41, 5.74) is 3.38. The third-order valence-electron chi connectivity index (χ3n) is 4.69. The summed E-state index contributed by atoms with van der Waals surface area (Å²) in [5, 5.41) is 5.11. The molecule has 3 aromatic rings. The number of anilines is 2. The zero-order valence-electron chi connectivity index (χ0n) is 15.2. The van der Waals surface area contributed by atoms with Gasteiger partial charge in [-0.1, -0.05) is 48.0 Å². The molecule has 6 nitrogen and oxygen atoms in total. The van der Waals surface area contributed by atoms with Crippen LogP contribution >= 0.6 is 11.6 Å². The molecular weight excluding hydrogens is 412 g/mol. The van der Waals surface area contributed by atoms with Gasteiger partial charge in [0.1, 0.15) is 4.90 Å². The molecular formula is C21H15ClN2O4S. The molecule has 0 aromatic heterocycles. The maximum Gasteiger partial charge on any atom is 0.239 e. The van der Waals surface area contributed by atoms with E-state index in [1.54, 1.807) is 12.1 Å². The Morgan fingerprint density at radius 3 is 2.28 bits per heavy atom. The van der Waals surface area contributed by atoms with Crippen LogP contribution in [0.5, 0.6) is 0 Å². The molecule has 0 saturated heterocycles. The van der Waals surface area contributed by atoms with Crippen LogP contribution in [-0.4, -0.2) is 20.1 Å². The minimum absolute atomic E-state index is 0.0652. The first kappa shape index (κ1) is 19.3. The Morgan fingerprint density at radius 2 is 1.66 bits per heavy atom. The van der Waals surface area contributed by atoms with Crippen LogP contribution in [0.25, 0.3) is 11.1 Å². The fourth-order valence-electron chi connectivity index (χ4n) is 3.35. The molecule has 1 heterocycles. The number of carbonyl (C=O) groups is 2. The van der Waals surface area contributed by atoms with E-state index in [4.69, 9.17) is 16.7 Å². The van der Waals surface area contributed by atoms with Gasteiger partial charge >= 0.3 is 0 Å². The summed E-state index contributed by atoms with van der Waals surface area (Å²) in [6.45, 7) is 1.42. The molecule has 0 fully saturated rings. The summed E-state index contributed by atoms with van der Waals surface area (Å²) >= 11 is 5.90. The molecule has 1 aliphatic heterocycles. The van der Waals surface area contributed by atoms with E-state index in [1.807, 2.05) is 30.3 Å². The van der Waals surface area contributed by atoms with Gasteiger partial charge in [-0.25, -0.2) is 13.6 Å². The number of hydrogen-bond donors (Lipinski definition) is 1. The SMILES string of the molecule is CC(=O)N1c2c(C(=O)c3ccc(Cl)c(S(N)(=O)=O)c3)ccc(-c3ccccc3)c21. The molecule has 0 unspecified atom stereocenters. The van der Waals surface area contributed by atoms with Gasteiger partial charge in [-0.2, -0.15) is 0 Å². The molecule has 1 aliphatic rings. The van der Waals surface area contributed by atoms with Gasteiger partial charge in [0.2, 0.25) is 15.9 Å². The van der Waals surface area contributed by atoms with Crippen molar-refractivity contribution in [2.45, 2.75) is 11.8 Å². The first-order valence-electron chi connectivity index (χ1n) is 8.60. The summed E-state index contributed by atoms with van der Waals surface area (Å²) < 4.78 is 23.4. The smallest absolute Gasteiger partial charge is 0.239 e. The van der Waals surface area contributed by atoms with Crippen molar-refractivity contribution in [3.05, 3.63) is 76.8 Å². The molecule has 8 heteroatoms. The number of carbonyl (C=O) groups excluding carboxylic acids is 2. The van der Waals surface area contributed by atoms with Gasteiger partial charge in [0.25, 0.3) is 0 Å². The van der Waals surface area contributed by atoms with Crippen LogP contribution in [0.3, 0.4) is 0 Å². The van der Waals surface area contributed by atoms with Crippen LogP contribution in [0.1, 0.15) is 22.8 Å². The lowest BCUT2D eigenvalue weighted by molar-refractivity contribution is -0.115. The number of primary sulfonamides is 1. The molecule has 2 N–H and O–H groups in total. The minimum atomic E-state index is -4.08. The van der Waals surface area contributed by atoms with E-state index in [1.165, 1.54) is 24.0 Å². The molecule has 0 radical (unpaired) electrons. The third-order valence-corrected chi connectivity index (χ3v) is 6.09. The van der Waals surface area contributed by atoms with Crippen LogP contribution in [0.4, 0.5) is 11.4 Å². The summed E-state index contributed by atoms with van der Waals surface area (Å²) in [7, 11) is -4.08. The average Bonchev–Trinajstić information content (AvgIpc) is 3.43. The Kier molecular flexibility index (Phi) is 4.53. The quantitative estimate of drug-likeness (QED) is 0.505. The van der Waals surface area contributed by atoms with Crippen molar-refractivity contribution in [1.29, 1.82) is 0 Å². The van der Waals surface area contributed by atoms with Crippen molar-refractivity contribution in [3.8, 4) is 11.1 Å². The number of rotatable bonds is 4. The Balaban J connectivity index is 1.82. The highest BCUT2D eigenvalue weighted by atomic mass is 35.5. The van der Waals surface area contributed by atoms with Gasteiger partial charge in [0, 0.05) is 23.6 Å². The number of fused-ring (bicyclic) bond motifs is 1. The highest BCUT2D eigenvalue weighted by Gasteiger charge is 2.40. The van der Waals surface area contributed by atoms with Crippen molar-refractivity contribution in [3.63, 3.8) is 0 Å². The third kappa shape index (κ3) is 3.33. The molecule has 0 aliphatic carbocycles. The zero-order chi connectivity index (χ0) is 20.9. The lowest BCUT2D eigenvalue weighted by Gasteiger charge is -2.06. The molecule has 1 amide bonds. The largest absolute Gasteiger partial charge is 0.289 e. The molecule has 4 rings (SSSR count). The molecule has 0 bridgehead atoms. The van der Waals surface area contributed by atoms with E-state index in [2.05, 4.69) is 0 Å². The predicted molar refractivity (Wildman–Crippen MR) is 111 cm³/mol. The number of benzene rings is 3. The van der Waals surface area contributed by atoms with Crippen LogP contribution < -0.4 is 10.0 Å². The Morgan fingerprint density at radius 1 is 0.966 bits per heavy atom. The molecule has 0 atom stereocenters. The zero-order valence-corrected chi connectivity index (χ0v) is 16.8. The number of halogens is 1. The van der Waals surface area contributed by atoms with Crippen LogP contribution in [-0.2, 0) is 14.8 Å². The summed E-state index contributed by atoms with van der Waals surface area (Å²) in [5.74, 6) is -0.634. The van der Waals surface area contributed by atoms with E-state index >= 15 is 0 Å². The standard InChI is InChI=1S/C21H15ClN2O4S/c1-12(25)24-19-15(13-5-3-2-4-6-13)8-9-16(20(19)24)21(26)14-7-10-17(22)18(11-14)29(23,27)28/h2-11H,1H3,(H2,23,27,28). The normalized spacial score (nSPS) is 12.4. The number of nitrogens with two attached hydrogens (primary N) is 1. The lowest BCUT2D eigenvalue weighted by Crippen LogP contribution is -2.14. The van der Waals surface area contributed by atoms with Crippen molar-refractivity contribution in [2.75, 3.05) is 4.90 Å². The maximum absolute atomic E-state index is 13.1. The molecule has 3 aromatic carbocycles. The van der Waals surface area contributed by atoms with E-state index in [9.17, 15) is 18.0 Å². The molecule has 0 saturated carbocycles. The van der Waals surface area contributed by atoms with Crippen molar-refractivity contribution >= 4 is 44.7 Å². The van der Waals surface area contributed by atoms with Crippen LogP contribution in [0.2, 0.25) is 5.02 Å². The van der Waals surface area contributed by atoms with E-state index in [0.29, 0.717) is 16.9 Å². The molecule has 29 heavy (non-hydrogen) atoms. The van der Waals surface area contributed by atoms with Crippen molar-refractivity contribution in [1.82, 2.24) is 0 Å². The Labute approximate surface area is 172 Å². The highest BCUT2D eigenvalue weighted by Crippen LogP contribution is 2.56. The van der Waals surface area contributed by atoms with Gasteiger partial charge < -0.3 is 0 Å². The summed E-state index contributed by atoms with van der Waals surface area (Å²) in [6.07, 6.45) is 0. The van der Waals surface area contributed by atoms with Crippen molar-refractivity contribution < 1.29 is 18.0 Å². The minimum Gasteiger partial charge on any atom is -0.289 e. The monoisotopic (exact) mass is 426 g/mol. The Hall–Kier alpha value is -3.00. The summed E-state index contributed by atoms with van der Waals surface area (Å²) in [6, 6.07) is 16.8. The topological polar surface area (TPSA) is 97.3 Å². The van der Waals surface area contributed by atoms with Crippen LogP contribution in [0, 0.1) is 0 Å². The first-order valence-corrected chi connectivity index (χ1v) is 10.5. The van der Waals surface area contributed by atoms with Crippen molar-refractivity contribution in [2.24, 2.45) is 5.14 Å². The van der Waals surface area contributed by atoms with E-state index in [-0.39, 0.29) is 21.4 Å². The predicted octanol–water partition coefficient (Wildman–Crippen LogP) is 3.88. The van der Waals surface area contributed by atoms with Gasteiger partial charge in [0.15, 0.2) is 5.78 Å². The maximum atomic E-state index is 13.1. The second-order valence-electron chi connectivity index (χ2n) is 6.60.